The van der Waals surface area contributed by atoms with E-state index < -0.39 is 5.97 Å². The predicted octanol–water partition coefficient (Wildman–Crippen LogP) is 1.32. The monoisotopic (exact) mass is 254 g/mol. The largest absolute Gasteiger partial charge is 0.476 e. The molecule has 94 valence electrons. The molecule has 0 amide bonds. The lowest BCUT2D eigenvalue weighted by molar-refractivity contribution is -0.129. The fraction of sp³-hybridized carbons (Fsp3) is 0.833. The number of nitrogens with one attached hydrogen (secondary N) is 2. The topological polar surface area (TPSA) is 61.4 Å². The fourth-order valence-corrected chi connectivity index (χ4v) is 4.42. The summed E-state index contributed by atoms with van der Waals surface area (Å²) in [6, 6.07) is 0.417. The zero-order valence-electron chi connectivity index (χ0n) is 9.69. The van der Waals surface area contributed by atoms with E-state index in [0.29, 0.717) is 6.04 Å². The van der Waals surface area contributed by atoms with Crippen molar-refractivity contribution in [2.24, 2.45) is 23.7 Å². The van der Waals surface area contributed by atoms with Crippen LogP contribution in [0.1, 0.15) is 32.1 Å². The Morgan fingerprint density at radius 3 is 2.06 bits per heavy atom. The van der Waals surface area contributed by atoms with Crippen molar-refractivity contribution in [1.29, 1.82) is 0 Å². The smallest absolute Gasteiger partial charge is 0.364 e. The summed E-state index contributed by atoms with van der Waals surface area (Å²) in [4.78, 5) is 10.5. The Balaban J connectivity index is 1.61. The Morgan fingerprint density at radius 1 is 1.06 bits per heavy atom. The minimum atomic E-state index is -1.06. The molecule has 4 saturated carbocycles. The lowest BCUT2D eigenvalue weighted by Crippen LogP contribution is -2.59. The molecule has 0 aromatic carbocycles. The Kier molecular flexibility index (Phi) is 2.83. The van der Waals surface area contributed by atoms with Gasteiger partial charge in [0.25, 0.3) is 0 Å². The summed E-state index contributed by atoms with van der Waals surface area (Å²) in [6.07, 6.45) is 6.68. The molecule has 4 rings (SSSR count). The summed E-state index contributed by atoms with van der Waals surface area (Å²) < 4.78 is 0. The van der Waals surface area contributed by atoms with Crippen molar-refractivity contribution in [2.45, 2.75) is 38.1 Å². The fourth-order valence-electron chi connectivity index (χ4n) is 4.36. The van der Waals surface area contributed by atoms with E-state index in [2.05, 4.69) is 10.9 Å². The van der Waals surface area contributed by atoms with Gasteiger partial charge in [-0.3, -0.25) is 0 Å². The highest BCUT2D eigenvalue weighted by Gasteiger charge is 2.48. The highest BCUT2D eigenvalue weighted by molar-refractivity contribution is 7.81. The molecular weight excluding hydrogens is 236 g/mol. The van der Waals surface area contributed by atoms with Gasteiger partial charge in [-0.2, -0.15) is 0 Å². The molecule has 0 heterocycles. The summed E-state index contributed by atoms with van der Waals surface area (Å²) >= 11 is 4.74. The van der Waals surface area contributed by atoms with E-state index in [4.69, 9.17) is 17.3 Å². The maximum Gasteiger partial charge on any atom is 0.364 e. The van der Waals surface area contributed by atoms with E-state index in [0.717, 1.165) is 23.7 Å². The van der Waals surface area contributed by atoms with Gasteiger partial charge in [-0.25, -0.2) is 10.2 Å². The van der Waals surface area contributed by atoms with Crippen molar-refractivity contribution in [3.8, 4) is 0 Å². The van der Waals surface area contributed by atoms with Crippen LogP contribution in [-0.4, -0.2) is 22.1 Å². The summed E-state index contributed by atoms with van der Waals surface area (Å²) in [6.45, 7) is 0. The Bertz CT molecular complexity index is 330. The van der Waals surface area contributed by atoms with Crippen molar-refractivity contribution in [3.63, 3.8) is 0 Å². The molecule has 5 heteroatoms. The molecular formula is C12H18N2O2S. The molecule has 4 nitrogen and oxygen atoms in total. The summed E-state index contributed by atoms with van der Waals surface area (Å²) in [7, 11) is 0. The molecule has 0 aromatic rings. The van der Waals surface area contributed by atoms with Crippen LogP contribution < -0.4 is 10.9 Å². The number of aliphatic carboxylic acids is 1. The van der Waals surface area contributed by atoms with E-state index in [9.17, 15) is 4.79 Å². The van der Waals surface area contributed by atoms with Crippen molar-refractivity contribution >= 4 is 23.2 Å². The highest BCUT2D eigenvalue weighted by atomic mass is 32.1. The number of carboxylic acids is 1. The number of hydrogen-bond acceptors (Lipinski definition) is 3. The average molecular weight is 254 g/mol. The molecule has 3 N–H and O–H groups in total. The molecule has 0 unspecified atom stereocenters. The zero-order valence-corrected chi connectivity index (χ0v) is 10.5. The van der Waals surface area contributed by atoms with Crippen LogP contribution in [-0.2, 0) is 4.79 Å². The van der Waals surface area contributed by atoms with Crippen LogP contribution in [0.4, 0.5) is 0 Å². The molecule has 17 heavy (non-hydrogen) atoms. The number of carbonyl (C=O) groups is 1. The first-order valence-electron chi connectivity index (χ1n) is 6.42. The van der Waals surface area contributed by atoms with Crippen LogP contribution in [0.2, 0.25) is 0 Å². The van der Waals surface area contributed by atoms with Crippen LogP contribution in [0.5, 0.6) is 0 Å². The number of carboxylic acid groups (broad SMARTS) is 1. The number of thiocarbonyl (C=S) groups is 1. The van der Waals surface area contributed by atoms with Crippen molar-refractivity contribution in [3.05, 3.63) is 0 Å². The quantitative estimate of drug-likeness (QED) is 0.512. The Morgan fingerprint density at radius 2 is 1.59 bits per heavy atom. The number of rotatable bonds is 2. The molecule has 0 radical (unpaired) electrons. The first-order valence-corrected chi connectivity index (χ1v) is 6.83. The van der Waals surface area contributed by atoms with E-state index in [-0.39, 0.29) is 4.99 Å². The maximum atomic E-state index is 10.6. The summed E-state index contributed by atoms with van der Waals surface area (Å²) in [5, 5.41) is 8.72. The summed E-state index contributed by atoms with van der Waals surface area (Å²) in [5.41, 5.74) is 5.87. The molecule has 0 saturated heterocycles. The molecule has 4 bridgehead atoms. The second-order valence-corrected chi connectivity index (χ2v) is 6.27. The number of hydrogen-bond donors (Lipinski definition) is 3. The third-order valence-electron chi connectivity index (χ3n) is 4.77. The average Bonchev–Trinajstić information content (AvgIpc) is 2.26. The lowest BCUT2D eigenvalue weighted by Gasteiger charge is -2.54. The van der Waals surface area contributed by atoms with Gasteiger partial charge in [0, 0.05) is 6.04 Å². The molecule has 0 spiro atoms. The van der Waals surface area contributed by atoms with Crippen molar-refractivity contribution in [2.75, 3.05) is 0 Å². The van der Waals surface area contributed by atoms with Crippen LogP contribution in [0, 0.1) is 23.7 Å². The van der Waals surface area contributed by atoms with Gasteiger partial charge in [0.05, 0.1) is 0 Å². The van der Waals surface area contributed by atoms with Gasteiger partial charge in [0.1, 0.15) is 0 Å². The van der Waals surface area contributed by atoms with E-state index in [1.165, 1.54) is 32.1 Å². The SMILES string of the molecule is O=C(O)C(=S)NNC1C2CC3CC(C2)CC1C3. The summed E-state index contributed by atoms with van der Waals surface area (Å²) in [5.74, 6) is 2.24. The van der Waals surface area contributed by atoms with Gasteiger partial charge in [-0.05, 0) is 55.8 Å². The Hall–Kier alpha value is -0.680. The molecule has 0 atom stereocenters. The van der Waals surface area contributed by atoms with E-state index in [1.807, 2.05) is 0 Å². The van der Waals surface area contributed by atoms with Gasteiger partial charge in [-0.15, -0.1) is 0 Å². The van der Waals surface area contributed by atoms with Gasteiger partial charge in [0.15, 0.2) is 4.99 Å². The van der Waals surface area contributed by atoms with Crippen LogP contribution in [0.15, 0.2) is 0 Å². The van der Waals surface area contributed by atoms with Gasteiger partial charge in [-0.1, -0.05) is 12.2 Å². The van der Waals surface area contributed by atoms with Crippen LogP contribution in [0.25, 0.3) is 0 Å². The zero-order chi connectivity index (χ0) is 12.0. The molecule has 0 aromatic heterocycles. The van der Waals surface area contributed by atoms with Crippen LogP contribution in [0.3, 0.4) is 0 Å². The third kappa shape index (κ3) is 2.06. The van der Waals surface area contributed by atoms with E-state index >= 15 is 0 Å². The van der Waals surface area contributed by atoms with E-state index in [1.54, 1.807) is 0 Å². The highest BCUT2D eigenvalue weighted by Crippen LogP contribution is 2.53. The first-order chi connectivity index (χ1) is 8.13. The second-order valence-electron chi connectivity index (χ2n) is 5.86. The first kappa shape index (κ1) is 11.4. The normalized spacial score (nSPS) is 42.5. The Labute approximate surface area is 106 Å². The second kappa shape index (κ2) is 4.21. The minimum absolute atomic E-state index is 0.126. The number of hydrazine groups is 1. The van der Waals surface area contributed by atoms with Gasteiger partial charge < -0.3 is 10.5 Å². The molecule has 4 aliphatic rings. The van der Waals surface area contributed by atoms with Crippen molar-refractivity contribution < 1.29 is 9.90 Å². The predicted molar refractivity (Wildman–Crippen MR) is 67.3 cm³/mol. The van der Waals surface area contributed by atoms with Gasteiger partial charge >= 0.3 is 5.97 Å². The molecule has 0 aliphatic heterocycles. The standard InChI is InChI=1S/C12H18N2O2S/c15-12(16)11(17)14-13-10-8-2-6-1-7(4-8)5-9(10)3-6/h6-10,13H,1-5H2,(H,14,17)(H,15,16). The van der Waals surface area contributed by atoms with Crippen molar-refractivity contribution in [1.82, 2.24) is 10.9 Å². The molecule has 4 aliphatic carbocycles. The minimum Gasteiger partial charge on any atom is -0.476 e. The lowest BCUT2D eigenvalue weighted by atomic mass is 9.54. The molecule has 4 fully saturated rings. The van der Waals surface area contributed by atoms with Crippen LogP contribution >= 0.6 is 12.2 Å². The third-order valence-corrected chi connectivity index (χ3v) is 5.05. The van der Waals surface area contributed by atoms with Gasteiger partial charge in [0.2, 0.25) is 0 Å². The maximum absolute atomic E-state index is 10.6.